The lowest BCUT2D eigenvalue weighted by Gasteiger charge is -2.21. The van der Waals surface area contributed by atoms with Crippen LogP contribution >= 0.6 is 11.6 Å². The molecule has 0 spiro atoms. The first kappa shape index (κ1) is 16.9. The van der Waals surface area contributed by atoms with E-state index in [0.29, 0.717) is 0 Å². The van der Waals surface area contributed by atoms with E-state index in [1.165, 1.54) is 33.4 Å². The fraction of sp³-hybridized carbons (Fsp3) is 0.111. The van der Waals surface area contributed by atoms with Gasteiger partial charge in [-0.1, -0.05) is 74.0 Å². The Kier molecular flexibility index (Phi) is 3.34. The monoisotopic (exact) mass is 394 g/mol. The van der Waals surface area contributed by atoms with Gasteiger partial charge in [-0.3, -0.25) is 0 Å². The molecule has 0 unspecified atom stereocenters. The van der Waals surface area contributed by atoms with Crippen LogP contribution in [0, 0.1) is 0 Å². The van der Waals surface area contributed by atoms with Crippen molar-refractivity contribution in [2.45, 2.75) is 19.3 Å². The summed E-state index contributed by atoms with van der Waals surface area (Å²) in [5, 5.41) is 2.88. The lowest BCUT2D eigenvalue weighted by atomic mass is 9.82. The van der Waals surface area contributed by atoms with Crippen LogP contribution in [-0.2, 0) is 5.41 Å². The van der Waals surface area contributed by atoms with E-state index >= 15 is 0 Å². The molecule has 140 valence electrons. The molecule has 0 saturated heterocycles. The Hall–Kier alpha value is -3.03. The summed E-state index contributed by atoms with van der Waals surface area (Å²) in [4.78, 5) is 0. The summed E-state index contributed by atoms with van der Waals surface area (Å²) < 4.78 is 6.02. The highest BCUT2D eigenvalue weighted by Crippen LogP contribution is 2.52. The Morgan fingerprint density at radius 1 is 0.690 bits per heavy atom. The molecule has 4 aromatic carbocycles. The average molecular weight is 395 g/mol. The zero-order valence-corrected chi connectivity index (χ0v) is 17.0. The normalized spacial score (nSPS) is 14.3. The van der Waals surface area contributed by atoms with Crippen LogP contribution < -0.4 is 0 Å². The zero-order valence-electron chi connectivity index (χ0n) is 16.3. The van der Waals surface area contributed by atoms with Crippen LogP contribution in [0.1, 0.15) is 25.0 Å². The Labute approximate surface area is 174 Å². The van der Waals surface area contributed by atoms with E-state index in [-0.39, 0.29) is 5.41 Å². The molecule has 0 N–H and O–H groups in total. The maximum Gasteiger partial charge on any atom is 0.135 e. The Balaban J connectivity index is 1.66. The van der Waals surface area contributed by atoms with Crippen molar-refractivity contribution in [3.05, 3.63) is 95.0 Å². The first-order valence-corrected chi connectivity index (χ1v) is 10.3. The van der Waals surface area contributed by atoms with E-state index in [9.17, 15) is 0 Å². The maximum absolute atomic E-state index is 6.26. The third-order valence-electron chi connectivity index (χ3n) is 6.35. The highest BCUT2D eigenvalue weighted by atomic mass is 35.5. The molecule has 0 fully saturated rings. The van der Waals surface area contributed by atoms with Crippen molar-refractivity contribution in [1.82, 2.24) is 0 Å². The highest BCUT2D eigenvalue weighted by Gasteiger charge is 2.36. The van der Waals surface area contributed by atoms with E-state index in [0.717, 1.165) is 27.0 Å². The second-order valence-corrected chi connectivity index (χ2v) is 8.79. The number of hydrogen-bond donors (Lipinski definition) is 0. The SMILES string of the molecule is CC1(C)c2ccccc2-c2c(-c3ccc4oc5ccc(Cl)cc5c4c3)cccc21. The first-order chi connectivity index (χ1) is 14.0. The number of halogens is 1. The fourth-order valence-electron chi connectivity index (χ4n) is 4.91. The van der Waals surface area contributed by atoms with Crippen LogP contribution in [0.2, 0.25) is 5.02 Å². The number of hydrogen-bond acceptors (Lipinski definition) is 1. The van der Waals surface area contributed by atoms with E-state index in [4.69, 9.17) is 16.0 Å². The molecule has 1 nitrogen and oxygen atoms in total. The van der Waals surface area contributed by atoms with Crippen molar-refractivity contribution < 1.29 is 4.42 Å². The van der Waals surface area contributed by atoms with Gasteiger partial charge in [-0.15, -0.1) is 0 Å². The van der Waals surface area contributed by atoms with Crippen molar-refractivity contribution in [2.75, 3.05) is 0 Å². The van der Waals surface area contributed by atoms with Crippen molar-refractivity contribution in [2.24, 2.45) is 0 Å². The molecule has 29 heavy (non-hydrogen) atoms. The number of benzene rings is 4. The second-order valence-electron chi connectivity index (χ2n) is 8.35. The van der Waals surface area contributed by atoms with Gasteiger partial charge in [-0.05, 0) is 63.7 Å². The molecule has 2 heteroatoms. The molecule has 6 rings (SSSR count). The molecule has 0 bridgehead atoms. The second kappa shape index (κ2) is 5.75. The summed E-state index contributed by atoms with van der Waals surface area (Å²) >= 11 is 6.26. The minimum atomic E-state index is 0.00189. The minimum Gasteiger partial charge on any atom is -0.456 e. The molecule has 1 aromatic heterocycles. The lowest BCUT2D eigenvalue weighted by Crippen LogP contribution is -2.14. The quantitative estimate of drug-likeness (QED) is 0.279. The van der Waals surface area contributed by atoms with Gasteiger partial charge in [0, 0.05) is 21.2 Å². The molecule has 0 saturated carbocycles. The van der Waals surface area contributed by atoms with Crippen molar-refractivity contribution in [1.29, 1.82) is 0 Å². The summed E-state index contributed by atoms with van der Waals surface area (Å²) in [6.45, 7) is 4.63. The smallest absolute Gasteiger partial charge is 0.135 e. The van der Waals surface area contributed by atoms with Gasteiger partial charge in [-0.25, -0.2) is 0 Å². The summed E-state index contributed by atoms with van der Waals surface area (Å²) in [6.07, 6.45) is 0. The van der Waals surface area contributed by atoms with Crippen molar-refractivity contribution in [3.63, 3.8) is 0 Å². The Morgan fingerprint density at radius 2 is 1.38 bits per heavy atom. The van der Waals surface area contributed by atoms with Crippen LogP contribution in [0.3, 0.4) is 0 Å². The topological polar surface area (TPSA) is 13.1 Å². The van der Waals surface area contributed by atoms with Gasteiger partial charge < -0.3 is 4.42 Å². The lowest BCUT2D eigenvalue weighted by molar-refractivity contribution is 0.660. The van der Waals surface area contributed by atoms with E-state index < -0.39 is 0 Å². The van der Waals surface area contributed by atoms with E-state index in [1.54, 1.807) is 0 Å². The molecular formula is C27H19ClO. The van der Waals surface area contributed by atoms with Crippen LogP contribution in [0.25, 0.3) is 44.2 Å². The molecule has 0 aliphatic heterocycles. The number of rotatable bonds is 1. The van der Waals surface area contributed by atoms with Gasteiger partial charge in [0.1, 0.15) is 11.2 Å². The van der Waals surface area contributed by atoms with E-state index in [2.05, 4.69) is 74.5 Å². The summed E-state index contributed by atoms with van der Waals surface area (Å²) in [7, 11) is 0. The number of furan rings is 1. The third kappa shape index (κ3) is 2.28. The van der Waals surface area contributed by atoms with Crippen LogP contribution in [-0.4, -0.2) is 0 Å². The van der Waals surface area contributed by atoms with Gasteiger partial charge in [0.25, 0.3) is 0 Å². The molecule has 0 amide bonds. The molecule has 0 atom stereocenters. The molecule has 5 aromatic rings. The third-order valence-corrected chi connectivity index (χ3v) is 6.58. The zero-order chi connectivity index (χ0) is 19.8. The first-order valence-electron chi connectivity index (χ1n) is 9.89. The summed E-state index contributed by atoms with van der Waals surface area (Å²) in [5.41, 5.74) is 9.68. The van der Waals surface area contributed by atoms with Gasteiger partial charge in [0.2, 0.25) is 0 Å². The van der Waals surface area contributed by atoms with Gasteiger partial charge in [0.15, 0.2) is 0 Å². The van der Waals surface area contributed by atoms with Crippen LogP contribution in [0.5, 0.6) is 0 Å². The fourth-order valence-corrected chi connectivity index (χ4v) is 5.08. The van der Waals surface area contributed by atoms with Gasteiger partial charge >= 0.3 is 0 Å². The number of fused-ring (bicyclic) bond motifs is 6. The van der Waals surface area contributed by atoms with E-state index in [1.807, 2.05) is 18.2 Å². The highest BCUT2D eigenvalue weighted by molar-refractivity contribution is 6.31. The Morgan fingerprint density at radius 3 is 2.24 bits per heavy atom. The minimum absolute atomic E-state index is 0.00189. The summed E-state index contributed by atoms with van der Waals surface area (Å²) in [6, 6.07) is 27.7. The molecular weight excluding hydrogens is 376 g/mol. The predicted molar refractivity (Wildman–Crippen MR) is 122 cm³/mol. The maximum atomic E-state index is 6.26. The molecule has 1 aliphatic rings. The molecule has 1 aliphatic carbocycles. The van der Waals surface area contributed by atoms with Gasteiger partial charge in [0.05, 0.1) is 0 Å². The van der Waals surface area contributed by atoms with Crippen molar-refractivity contribution >= 4 is 33.5 Å². The standard InChI is InChI=1S/C27H19ClO/c1-27(2)22-8-4-3-6-19(22)26-18(7-5-9-23(26)27)16-10-12-24-20(14-16)21-15-17(28)11-13-25(21)29-24/h3-15H,1-2H3. The molecule has 0 radical (unpaired) electrons. The Bertz CT molecular complexity index is 1440. The molecule has 1 heterocycles. The van der Waals surface area contributed by atoms with Gasteiger partial charge in [-0.2, -0.15) is 0 Å². The summed E-state index contributed by atoms with van der Waals surface area (Å²) in [5.74, 6) is 0. The largest absolute Gasteiger partial charge is 0.456 e. The predicted octanol–water partition coefficient (Wildman–Crippen LogP) is 8.21. The van der Waals surface area contributed by atoms with Crippen LogP contribution in [0.15, 0.2) is 83.3 Å². The van der Waals surface area contributed by atoms with Crippen molar-refractivity contribution in [3.8, 4) is 22.3 Å². The van der Waals surface area contributed by atoms with Crippen LogP contribution in [0.4, 0.5) is 0 Å². The average Bonchev–Trinajstić information content (AvgIpc) is 3.21.